The number of hydrogen-bond acceptors (Lipinski definition) is 5. The monoisotopic (exact) mass is 570 g/mol. The second kappa shape index (κ2) is 11.1. The van der Waals surface area contributed by atoms with Crippen molar-refractivity contribution in [1.29, 1.82) is 0 Å². The number of amides is 1. The molecule has 0 bridgehead atoms. The maximum absolute atomic E-state index is 14.9. The summed E-state index contributed by atoms with van der Waals surface area (Å²) in [7, 11) is 0. The molecule has 1 amide bonds. The SMILES string of the molecule is [C-]#[N+]c1c(N2CCN(C(=O)C=C)CC2)c2cc(Cl)c(-c3ccccc3F)nc2n(-c2c(C)ccnc2C(C)C)c1=O. The van der Waals surface area contributed by atoms with Gasteiger partial charge in [0.2, 0.25) is 5.91 Å². The van der Waals surface area contributed by atoms with Crippen LogP contribution in [0.1, 0.15) is 31.0 Å². The van der Waals surface area contributed by atoms with Gasteiger partial charge in [-0.25, -0.2) is 14.2 Å². The van der Waals surface area contributed by atoms with E-state index in [0.717, 1.165) is 5.56 Å². The molecule has 4 heterocycles. The Hall–Kier alpha value is -4.55. The molecule has 8 nitrogen and oxygen atoms in total. The van der Waals surface area contributed by atoms with Crippen LogP contribution in [0.3, 0.4) is 0 Å². The lowest BCUT2D eigenvalue weighted by atomic mass is 10.0. The highest BCUT2D eigenvalue weighted by Gasteiger charge is 2.29. The van der Waals surface area contributed by atoms with Gasteiger partial charge < -0.3 is 9.80 Å². The van der Waals surface area contributed by atoms with Gasteiger partial charge in [0.25, 0.3) is 11.2 Å². The summed E-state index contributed by atoms with van der Waals surface area (Å²) in [6.45, 7) is 19.0. The molecule has 41 heavy (non-hydrogen) atoms. The van der Waals surface area contributed by atoms with E-state index in [1.165, 1.54) is 16.7 Å². The van der Waals surface area contributed by atoms with Crippen molar-refractivity contribution in [2.24, 2.45) is 0 Å². The average molecular weight is 571 g/mol. The molecule has 0 unspecified atom stereocenters. The molecule has 1 fully saturated rings. The number of carbonyl (C=O) groups is 1. The third-order valence-corrected chi connectivity index (χ3v) is 7.59. The van der Waals surface area contributed by atoms with E-state index in [-0.39, 0.29) is 39.4 Å². The third-order valence-electron chi connectivity index (χ3n) is 7.30. The number of carbonyl (C=O) groups excluding carboxylic acids is 1. The molecule has 208 valence electrons. The van der Waals surface area contributed by atoms with E-state index >= 15 is 0 Å². The molecule has 0 atom stereocenters. The Bertz CT molecular complexity index is 1800. The molecule has 0 N–H and O–H groups in total. The number of rotatable bonds is 5. The van der Waals surface area contributed by atoms with Gasteiger partial charge in [0.1, 0.15) is 11.5 Å². The summed E-state index contributed by atoms with van der Waals surface area (Å²) < 4.78 is 16.4. The molecule has 5 rings (SSSR count). The van der Waals surface area contributed by atoms with Crippen molar-refractivity contribution < 1.29 is 9.18 Å². The summed E-state index contributed by atoms with van der Waals surface area (Å²) >= 11 is 6.76. The van der Waals surface area contributed by atoms with Crippen LogP contribution in [0.5, 0.6) is 0 Å². The Morgan fingerprint density at radius 3 is 2.51 bits per heavy atom. The first-order valence-electron chi connectivity index (χ1n) is 13.2. The first kappa shape index (κ1) is 28.0. The van der Waals surface area contributed by atoms with Gasteiger partial charge in [-0.3, -0.25) is 19.1 Å². The zero-order valence-corrected chi connectivity index (χ0v) is 23.7. The molecule has 3 aromatic heterocycles. The van der Waals surface area contributed by atoms with E-state index in [4.69, 9.17) is 23.2 Å². The molecule has 4 aromatic rings. The van der Waals surface area contributed by atoms with Crippen molar-refractivity contribution in [2.45, 2.75) is 26.7 Å². The van der Waals surface area contributed by atoms with Gasteiger partial charge in [0.15, 0.2) is 0 Å². The lowest BCUT2D eigenvalue weighted by Crippen LogP contribution is -2.48. The fraction of sp³-hybridized carbons (Fsp3) is 0.258. The Balaban J connectivity index is 1.87. The van der Waals surface area contributed by atoms with Crippen molar-refractivity contribution in [3.8, 4) is 16.9 Å². The largest absolute Gasteiger partial charge is 0.376 e. The Morgan fingerprint density at radius 2 is 1.88 bits per heavy atom. The second-order valence-electron chi connectivity index (χ2n) is 10.2. The zero-order chi connectivity index (χ0) is 29.4. The van der Waals surface area contributed by atoms with Crippen LogP contribution in [-0.4, -0.2) is 51.5 Å². The predicted octanol–water partition coefficient (Wildman–Crippen LogP) is 6.06. The van der Waals surface area contributed by atoms with Crippen LogP contribution in [0.4, 0.5) is 15.8 Å². The number of piperazine rings is 1. The highest BCUT2D eigenvalue weighted by molar-refractivity contribution is 6.34. The minimum absolute atomic E-state index is 0.0447. The molecule has 0 spiro atoms. The highest BCUT2D eigenvalue weighted by atomic mass is 35.5. The van der Waals surface area contributed by atoms with Crippen LogP contribution in [-0.2, 0) is 4.79 Å². The van der Waals surface area contributed by atoms with Crippen molar-refractivity contribution in [3.05, 3.63) is 99.1 Å². The molecule has 1 aliphatic heterocycles. The van der Waals surface area contributed by atoms with Gasteiger partial charge in [-0.05, 0) is 48.7 Å². The zero-order valence-electron chi connectivity index (χ0n) is 23.0. The maximum Gasteiger partial charge on any atom is 0.274 e. The number of benzene rings is 1. The average Bonchev–Trinajstić information content (AvgIpc) is 2.97. The fourth-order valence-corrected chi connectivity index (χ4v) is 5.54. The predicted molar refractivity (Wildman–Crippen MR) is 160 cm³/mol. The molecule has 1 saturated heterocycles. The standard InChI is InChI=1S/C31H28ClFN6O2/c1-6-24(40)37-13-15-38(16-14-37)29-21-17-22(32)26(20-9-7-8-10-23(20)33)36-30(21)39(31(41)27(29)34-5)28-19(4)11-12-35-25(28)18(2)3/h6-12,17-18H,1,13-16H2,2-4H3. The van der Waals surface area contributed by atoms with Crippen LogP contribution in [0.2, 0.25) is 5.02 Å². The lowest BCUT2D eigenvalue weighted by molar-refractivity contribution is -0.126. The van der Waals surface area contributed by atoms with Crippen molar-refractivity contribution in [3.63, 3.8) is 0 Å². The molecule has 0 saturated carbocycles. The Labute approximate surface area is 242 Å². The van der Waals surface area contributed by atoms with Crippen LogP contribution in [0.25, 0.3) is 32.8 Å². The first-order valence-corrected chi connectivity index (χ1v) is 13.6. The molecule has 1 aromatic carbocycles. The topological polar surface area (TPSA) is 75.7 Å². The molecule has 1 aliphatic rings. The highest BCUT2D eigenvalue weighted by Crippen LogP contribution is 2.40. The van der Waals surface area contributed by atoms with Gasteiger partial charge in [0, 0.05) is 43.3 Å². The smallest absolute Gasteiger partial charge is 0.274 e. The molecular formula is C31H28ClFN6O2. The van der Waals surface area contributed by atoms with Gasteiger partial charge in [-0.2, -0.15) is 0 Å². The second-order valence-corrected chi connectivity index (χ2v) is 10.6. The van der Waals surface area contributed by atoms with E-state index in [2.05, 4.69) is 16.4 Å². The maximum atomic E-state index is 14.9. The van der Waals surface area contributed by atoms with E-state index < -0.39 is 11.4 Å². The number of nitrogens with zero attached hydrogens (tertiary/aromatic N) is 6. The number of aromatic nitrogens is 3. The summed E-state index contributed by atoms with van der Waals surface area (Å²) in [6.07, 6.45) is 2.96. The summed E-state index contributed by atoms with van der Waals surface area (Å²) in [4.78, 5) is 43.2. The first-order chi connectivity index (χ1) is 19.7. The molecular weight excluding hydrogens is 543 g/mol. The molecule has 0 radical (unpaired) electrons. The Morgan fingerprint density at radius 1 is 1.17 bits per heavy atom. The Kier molecular flexibility index (Phi) is 7.61. The van der Waals surface area contributed by atoms with Crippen molar-refractivity contribution >= 4 is 39.9 Å². The van der Waals surface area contributed by atoms with Crippen LogP contribution in [0, 0.1) is 19.3 Å². The minimum atomic E-state index is -0.556. The third kappa shape index (κ3) is 4.85. The van der Waals surface area contributed by atoms with Crippen molar-refractivity contribution in [2.75, 3.05) is 31.1 Å². The number of pyridine rings is 3. The van der Waals surface area contributed by atoms with Gasteiger partial charge >= 0.3 is 0 Å². The van der Waals surface area contributed by atoms with Gasteiger partial charge in [-0.1, -0.05) is 44.2 Å². The molecule has 10 heteroatoms. The van der Waals surface area contributed by atoms with Gasteiger partial charge in [0.05, 0.1) is 34.4 Å². The summed E-state index contributed by atoms with van der Waals surface area (Å²) in [6, 6.07) is 9.62. The number of fused-ring (bicyclic) bond motifs is 1. The summed E-state index contributed by atoms with van der Waals surface area (Å²) in [5.74, 6) is -0.726. The van der Waals surface area contributed by atoms with E-state index in [9.17, 15) is 14.0 Å². The quantitative estimate of drug-likeness (QED) is 0.215. The number of aryl methyl sites for hydroxylation is 1. The minimum Gasteiger partial charge on any atom is -0.376 e. The van der Waals surface area contributed by atoms with Crippen LogP contribution < -0.4 is 10.5 Å². The van der Waals surface area contributed by atoms with E-state index in [1.807, 2.05) is 25.7 Å². The lowest BCUT2D eigenvalue weighted by Gasteiger charge is -2.37. The van der Waals surface area contributed by atoms with Crippen LogP contribution >= 0.6 is 11.6 Å². The normalized spacial score (nSPS) is 13.5. The summed E-state index contributed by atoms with van der Waals surface area (Å²) in [5, 5.41) is 0.652. The van der Waals surface area contributed by atoms with E-state index in [0.29, 0.717) is 48.6 Å². The number of halogens is 2. The van der Waals surface area contributed by atoms with Crippen molar-refractivity contribution in [1.82, 2.24) is 19.4 Å². The van der Waals surface area contributed by atoms with Gasteiger partial charge in [-0.15, -0.1) is 0 Å². The fourth-order valence-electron chi connectivity index (χ4n) is 5.29. The number of anilines is 1. The molecule has 0 aliphatic carbocycles. The summed E-state index contributed by atoms with van der Waals surface area (Å²) in [5.41, 5.74) is 2.33. The van der Waals surface area contributed by atoms with Crippen LogP contribution in [0.15, 0.2) is 60.0 Å². The number of hydrogen-bond donors (Lipinski definition) is 0. The van der Waals surface area contributed by atoms with E-state index in [1.54, 1.807) is 41.4 Å².